The molecule has 0 aromatic carbocycles. The van der Waals surface area contributed by atoms with Gasteiger partial charge in [-0.3, -0.25) is 4.79 Å². The molecular weight excluding hydrogens is 276 g/mol. The number of carbonyl (C=O) groups is 1. The van der Waals surface area contributed by atoms with Crippen LogP contribution >= 0.6 is 11.6 Å². The fourth-order valence-corrected chi connectivity index (χ4v) is 1.92. The zero-order chi connectivity index (χ0) is 13.8. The van der Waals surface area contributed by atoms with Crippen molar-refractivity contribution in [2.45, 2.75) is 12.5 Å². The Bertz CT molecular complexity index is 473. The van der Waals surface area contributed by atoms with Crippen molar-refractivity contribution in [2.24, 2.45) is 0 Å². The molecule has 1 aromatic rings. The Morgan fingerprint density at radius 1 is 1.58 bits per heavy atom. The van der Waals surface area contributed by atoms with E-state index in [2.05, 4.69) is 15.0 Å². The molecule has 9 heteroatoms. The first-order chi connectivity index (χ1) is 9.08. The summed E-state index contributed by atoms with van der Waals surface area (Å²) in [6.45, 7) is 1.35. The molecule has 0 amide bonds. The highest BCUT2D eigenvalue weighted by atomic mass is 35.5. The van der Waals surface area contributed by atoms with E-state index in [9.17, 15) is 4.79 Å². The topological polar surface area (TPSA) is 97.7 Å². The fourth-order valence-electron chi connectivity index (χ4n) is 1.77. The van der Waals surface area contributed by atoms with Gasteiger partial charge in [-0.2, -0.15) is 15.0 Å². The van der Waals surface area contributed by atoms with Crippen molar-refractivity contribution in [1.29, 1.82) is 0 Å². The molecule has 104 valence electrons. The summed E-state index contributed by atoms with van der Waals surface area (Å²) in [7, 11) is 1.43. The first-order valence-corrected chi connectivity index (χ1v) is 6.00. The number of methoxy groups -OCH3 is 1. The third-order valence-corrected chi connectivity index (χ3v) is 2.75. The van der Waals surface area contributed by atoms with Crippen LogP contribution in [-0.4, -0.2) is 58.9 Å². The van der Waals surface area contributed by atoms with Crippen LogP contribution < -0.4 is 9.64 Å². The van der Waals surface area contributed by atoms with E-state index < -0.39 is 12.1 Å². The standard InChI is InChI=1S/C10H13ClN4O4/c1-18-10-13-8(11)12-9(14-10)15-2-3-19-6(5-15)4-7(16)17/h6H,2-5H2,1H3,(H,16,17). The number of morpholine rings is 1. The molecular formula is C10H13ClN4O4. The lowest BCUT2D eigenvalue weighted by Crippen LogP contribution is -2.44. The minimum Gasteiger partial charge on any atom is -0.481 e. The number of aliphatic carboxylic acids is 1. The first kappa shape index (κ1) is 13.8. The number of aromatic nitrogens is 3. The maximum absolute atomic E-state index is 10.7. The molecule has 1 aliphatic rings. The molecule has 2 rings (SSSR count). The molecule has 1 fully saturated rings. The number of carboxylic acid groups (broad SMARTS) is 1. The SMILES string of the molecule is COc1nc(Cl)nc(N2CCOC(CC(=O)O)C2)n1. The van der Waals surface area contributed by atoms with Crippen LogP contribution in [0.25, 0.3) is 0 Å². The van der Waals surface area contributed by atoms with Crippen LogP contribution in [0, 0.1) is 0 Å². The summed E-state index contributed by atoms with van der Waals surface area (Å²) >= 11 is 5.77. The van der Waals surface area contributed by atoms with E-state index in [-0.39, 0.29) is 17.7 Å². The van der Waals surface area contributed by atoms with E-state index in [0.29, 0.717) is 25.6 Å². The lowest BCUT2D eigenvalue weighted by Gasteiger charge is -2.32. The third-order valence-electron chi connectivity index (χ3n) is 2.58. The summed E-state index contributed by atoms with van der Waals surface area (Å²) in [4.78, 5) is 24.4. The highest BCUT2D eigenvalue weighted by molar-refractivity contribution is 6.28. The molecule has 1 aromatic heterocycles. The molecule has 0 saturated carbocycles. The average molecular weight is 289 g/mol. The van der Waals surface area contributed by atoms with Gasteiger partial charge < -0.3 is 19.5 Å². The van der Waals surface area contributed by atoms with Crippen molar-refractivity contribution in [3.8, 4) is 6.01 Å². The highest BCUT2D eigenvalue weighted by Crippen LogP contribution is 2.18. The Morgan fingerprint density at radius 3 is 3.05 bits per heavy atom. The minimum atomic E-state index is -0.905. The molecule has 1 N–H and O–H groups in total. The van der Waals surface area contributed by atoms with Crippen molar-refractivity contribution in [3.05, 3.63) is 5.28 Å². The lowest BCUT2D eigenvalue weighted by molar-refractivity contribution is -0.140. The van der Waals surface area contributed by atoms with Crippen molar-refractivity contribution in [1.82, 2.24) is 15.0 Å². The summed E-state index contributed by atoms with van der Waals surface area (Å²) in [5.74, 6) is -0.548. The monoisotopic (exact) mass is 288 g/mol. The van der Waals surface area contributed by atoms with E-state index >= 15 is 0 Å². The Kier molecular flexibility index (Phi) is 4.33. The first-order valence-electron chi connectivity index (χ1n) is 5.62. The molecule has 1 aliphatic heterocycles. The number of rotatable bonds is 4. The number of hydrogen-bond donors (Lipinski definition) is 1. The second-order valence-corrected chi connectivity index (χ2v) is 4.27. The molecule has 1 saturated heterocycles. The van der Waals surface area contributed by atoms with Crippen molar-refractivity contribution >= 4 is 23.5 Å². The smallest absolute Gasteiger partial charge is 0.322 e. The van der Waals surface area contributed by atoms with E-state index in [1.165, 1.54) is 7.11 Å². The van der Waals surface area contributed by atoms with Gasteiger partial charge in [0.2, 0.25) is 11.2 Å². The Balaban J connectivity index is 2.12. The average Bonchev–Trinajstić information content (AvgIpc) is 2.37. The number of ether oxygens (including phenoxy) is 2. The number of nitrogens with zero attached hydrogens (tertiary/aromatic N) is 4. The van der Waals surface area contributed by atoms with Gasteiger partial charge in [-0.25, -0.2) is 0 Å². The minimum absolute atomic E-state index is 0.0307. The van der Waals surface area contributed by atoms with Crippen LogP contribution in [0.1, 0.15) is 6.42 Å². The van der Waals surface area contributed by atoms with Gasteiger partial charge in [0.15, 0.2) is 0 Å². The second-order valence-electron chi connectivity index (χ2n) is 3.93. The van der Waals surface area contributed by atoms with Crippen molar-refractivity contribution in [2.75, 3.05) is 31.7 Å². The maximum atomic E-state index is 10.7. The van der Waals surface area contributed by atoms with Gasteiger partial charge in [-0.05, 0) is 11.6 Å². The van der Waals surface area contributed by atoms with E-state index in [4.69, 9.17) is 26.2 Å². The fraction of sp³-hybridized carbons (Fsp3) is 0.600. The van der Waals surface area contributed by atoms with Gasteiger partial charge in [0, 0.05) is 13.1 Å². The molecule has 1 unspecified atom stereocenters. The molecule has 1 atom stereocenters. The van der Waals surface area contributed by atoms with Crippen LogP contribution in [0.5, 0.6) is 6.01 Å². The Hall–Kier alpha value is -1.67. The molecule has 2 heterocycles. The van der Waals surface area contributed by atoms with Gasteiger partial charge in [0.1, 0.15) is 0 Å². The molecule has 0 bridgehead atoms. The van der Waals surface area contributed by atoms with Gasteiger partial charge in [0.05, 0.1) is 26.2 Å². The molecule has 0 aliphatic carbocycles. The van der Waals surface area contributed by atoms with Gasteiger partial charge >= 0.3 is 12.0 Å². The molecule has 0 radical (unpaired) electrons. The number of hydrogen-bond acceptors (Lipinski definition) is 7. The third kappa shape index (κ3) is 3.65. The summed E-state index contributed by atoms with van der Waals surface area (Å²) in [5.41, 5.74) is 0. The number of halogens is 1. The lowest BCUT2D eigenvalue weighted by atomic mass is 10.2. The predicted molar refractivity (Wildman–Crippen MR) is 65.6 cm³/mol. The maximum Gasteiger partial charge on any atom is 0.322 e. The van der Waals surface area contributed by atoms with E-state index in [1.807, 2.05) is 0 Å². The number of anilines is 1. The Morgan fingerprint density at radius 2 is 2.37 bits per heavy atom. The van der Waals surface area contributed by atoms with Gasteiger partial charge in [-0.15, -0.1) is 0 Å². The van der Waals surface area contributed by atoms with Gasteiger partial charge in [-0.1, -0.05) is 0 Å². The highest BCUT2D eigenvalue weighted by Gasteiger charge is 2.25. The summed E-state index contributed by atoms with van der Waals surface area (Å²) < 4.78 is 10.3. The second kappa shape index (κ2) is 5.98. The summed E-state index contributed by atoms with van der Waals surface area (Å²) in [6.07, 6.45) is -0.459. The van der Waals surface area contributed by atoms with Crippen LogP contribution in [0.15, 0.2) is 0 Å². The molecule has 0 spiro atoms. The predicted octanol–water partition coefficient (Wildman–Crippen LogP) is 0.213. The quantitative estimate of drug-likeness (QED) is 0.840. The molecule has 8 nitrogen and oxygen atoms in total. The van der Waals surface area contributed by atoms with Crippen LogP contribution in [0.3, 0.4) is 0 Å². The van der Waals surface area contributed by atoms with Crippen molar-refractivity contribution in [3.63, 3.8) is 0 Å². The van der Waals surface area contributed by atoms with Crippen molar-refractivity contribution < 1.29 is 19.4 Å². The van der Waals surface area contributed by atoms with Crippen LogP contribution in [0.2, 0.25) is 5.28 Å². The largest absolute Gasteiger partial charge is 0.481 e. The molecule has 19 heavy (non-hydrogen) atoms. The summed E-state index contributed by atoms with van der Waals surface area (Å²) in [6, 6.07) is 0.122. The number of carboxylic acids is 1. The van der Waals surface area contributed by atoms with Gasteiger partial charge in [0.25, 0.3) is 0 Å². The normalized spacial score (nSPS) is 19.3. The van der Waals surface area contributed by atoms with E-state index in [0.717, 1.165) is 0 Å². The Labute approximate surface area is 114 Å². The van der Waals surface area contributed by atoms with Crippen LogP contribution in [0.4, 0.5) is 5.95 Å². The van der Waals surface area contributed by atoms with E-state index in [1.54, 1.807) is 4.90 Å². The summed E-state index contributed by atoms with van der Waals surface area (Å²) in [5, 5.41) is 8.80. The zero-order valence-corrected chi connectivity index (χ0v) is 11.0. The van der Waals surface area contributed by atoms with Crippen LogP contribution in [-0.2, 0) is 9.53 Å². The zero-order valence-electron chi connectivity index (χ0n) is 10.2.